The molecular formula is C28H25N3O6. The third-order valence-electron chi connectivity index (χ3n) is 6.36. The first-order valence-corrected chi connectivity index (χ1v) is 11.5. The van der Waals surface area contributed by atoms with Gasteiger partial charge in [0.25, 0.3) is 5.78 Å². The quantitative estimate of drug-likeness (QED) is 0.228. The minimum atomic E-state index is -0.993. The van der Waals surface area contributed by atoms with E-state index >= 15 is 0 Å². The number of aliphatic hydroxyl groups is 1. The number of rotatable bonds is 6. The first-order valence-electron chi connectivity index (χ1n) is 11.5. The molecule has 1 amide bonds. The number of carbonyl (C=O) groups is 2. The van der Waals surface area contributed by atoms with Gasteiger partial charge in [-0.25, -0.2) is 4.98 Å². The van der Waals surface area contributed by atoms with Crippen LogP contribution in [0.15, 0.2) is 66.2 Å². The van der Waals surface area contributed by atoms with Gasteiger partial charge < -0.3 is 24.3 Å². The fourth-order valence-corrected chi connectivity index (χ4v) is 4.54. The monoisotopic (exact) mass is 499 g/mol. The summed E-state index contributed by atoms with van der Waals surface area (Å²) >= 11 is 0. The average molecular weight is 500 g/mol. The molecule has 5 rings (SSSR count). The van der Waals surface area contributed by atoms with Crippen LogP contribution in [0.1, 0.15) is 22.7 Å². The molecule has 9 heteroatoms. The number of nitrogens with zero attached hydrogens (tertiary/aromatic N) is 2. The highest BCUT2D eigenvalue weighted by Crippen LogP contribution is 2.44. The molecule has 1 fully saturated rings. The van der Waals surface area contributed by atoms with E-state index in [0.717, 1.165) is 11.1 Å². The number of benzene rings is 3. The molecule has 0 bridgehead atoms. The zero-order chi connectivity index (χ0) is 26.3. The third kappa shape index (κ3) is 4.04. The molecule has 0 saturated carbocycles. The third-order valence-corrected chi connectivity index (χ3v) is 6.36. The van der Waals surface area contributed by atoms with Gasteiger partial charge >= 0.3 is 5.91 Å². The molecule has 1 aliphatic rings. The number of ketones is 1. The molecule has 1 saturated heterocycles. The number of H-pyrrole nitrogens is 1. The maximum atomic E-state index is 13.5. The SMILES string of the molecule is COc1cccc(/C(O)=C2\C(=O)C(=O)N(c3nc4ccc(C)cc4[nH]3)C2c2ccc(OC)c(OC)c2)c1. The Morgan fingerprint density at radius 1 is 0.946 bits per heavy atom. The lowest BCUT2D eigenvalue weighted by Gasteiger charge is -2.24. The summed E-state index contributed by atoms with van der Waals surface area (Å²) in [5, 5.41) is 11.4. The molecule has 0 spiro atoms. The summed E-state index contributed by atoms with van der Waals surface area (Å²) in [6.45, 7) is 1.95. The number of nitrogens with one attached hydrogen (secondary N) is 1. The molecule has 1 unspecified atom stereocenters. The Morgan fingerprint density at radius 3 is 2.46 bits per heavy atom. The normalized spacial score (nSPS) is 16.9. The summed E-state index contributed by atoms with van der Waals surface area (Å²) in [5.41, 5.74) is 3.15. The Kier molecular flexibility index (Phi) is 6.04. The maximum Gasteiger partial charge on any atom is 0.302 e. The van der Waals surface area contributed by atoms with E-state index in [4.69, 9.17) is 14.2 Å². The number of aromatic amines is 1. The average Bonchev–Trinajstić information content (AvgIpc) is 3.45. The van der Waals surface area contributed by atoms with Gasteiger partial charge in [-0.2, -0.15) is 0 Å². The standard InChI is InChI=1S/C28H25N3O6/c1-15-8-10-19-20(12-15)30-28(29-19)31-24(16-9-11-21(36-3)22(14-16)37-4)23(26(33)27(31)34)25(32)17-6-5-7-18(13-17)35-2/h5-14,24,32H,1-4H3,(H,29,30)/b25-23+. The number of hydrogen-bond acceptors (Lipinski definition) is 7. The molecule has 4 aromatic rings. The second-order valence-corrected chi connectivity index (χ2v) is 8.60. The smallest absolute Gasteiger partial charge is 0.302 e. The molecule has 0 aliphatic carbocycles. The minimum Gasteiger partial charge on any atom is -0.507 e. The van der Waals surface area contributed by atoms with Gasteiger partial charge in [0.15, 0.2) is 11.5 Å². The van der Waals surface area contributed by atoms with Crippen LogP contribution in [-0.4, -0.2) is 48.1 Å². The molecule has 1 aliphatic heterocycles. The predicted molar refractivity (Wildman–Crippen MR) is 138 cm³/mol. The van der Waals surface area contributed by atoms with E-state index in [1.165, 1.54) is 26.2 Å². The van der Waals surface area contributed by atoms with Gasteiger partial charge in [0.05, 0.1) is 44.0 Å². The number of anilines is 1. The molecule has 2 N–H and O–H groups in total. The highest BCUT2D eigenvalue weighted by molar-refractivity contribution is 6.51. The number of Topliss-reactive ketones (excluding diaryl/α,β-unsaturated/α-hetero) is 1. The zero-order valence-electron chi connectivity index (χ0n) is 20.7. The van der Waals surface area contributed by atoms with Crippen LogP contribution in [0.3, 0.4) is 0 Å². The number of carbonyl (C=O) groups excluding carboxylic acids is 2. The lowest BCUT2D eigenvalue weighted by Crippen LogP contribution is -2.30. The van der Waals surface area contributed by atoms with Crippen molar-refractivity contribution in [3.63, 3.8) is 0 Å². The summed E-state index contributed by atoms with van der Waals surface area (Å²) < 4.78 is 16.1. The Morgan fingerprint density at radius 2 is 1.73 bits per heavy atom. The van der Waals surface area contributed by atoms with E-state index in [-0.39, 0.29) is 17.3 Å². The Bertz CT molecular complexity index is 1570. The molecular weight excluding hydrogens is 474 g/mol. The first kappa shape index (κ1) is 23.9. The van der Waals surface area contributed by atoms with Crippen LogP contribution >= 0.6 is 0 Å². The lowest BCUT2D eigenvalue weighted by molar-refractivity contribution is -0.132. The Hall–Kier alpha value is -4.79. The molecule has 37 heavy (non-hydrogen) atoms. The summed E-state index contributed by atoms with van der Waals surface area (Å²) in [7, 11) is 4.52. The Labute approximate surface area is 212 Å². The number of aryl methyl sites for hydroxylation is 1. The summed E-state index contributed by atoms with van der Waals surface area (Å²) in [4.78, 5) is 35.9. The fraction of sp³-hybridized carbons (Fsp3) is 0.179. The van der Waals surface area contributed by atoms with Crippen molar-refractivity contribution in [2.24, 2.45) is 0 Å². The van der Waals surface area contributed by atoms with Crippen molar-refractivity contribution >= 4 is 34.4 Å². The largest absolute Gasteiger partial charge is 0.507 e. The summed E-state index contributed by atoms with van der Waals surface area (Å²) in [6.07, 6.45) is 0. The Balaban J connectivity index is 1.75. The number of amides is 1. The number of ether oxygens (including phenoxy) is 3. The van der Waals surface area contributed by atoms with Gasteiger partial charge in [-0.3, -0.25) is 14.5 Å². The first-order chi connectivity index (χ1) is 17.9. The fourth-order valence-electron chi connectivity index (χ4n) is 4.54. The maximum absolute atomic E-state index is 13.5. The van der Waals surface area contributed by atoms with Crippen molar-refractivity contribution in [2.75, 3.05) is 26.2 Å². The van der Waals surface area contributed by atoms with Crippen molar-refractivity contribution < 1.29 is 28.9 Å². The van der Waals surface area contributed by atoms with Gasteiger partial charge in [-0.1, -0.05) is 24.3 Å². The zero-order valence-corrected chi connectivity index (χ0v) is 20.7. The second kappa shape index (κ2) is 9.34. The topological polar surface area (TPSA) is 114 Å². The van der Waals surface area contributed by atoms with E-state index in [1.54, 1.807) is 42.5 Å². The second-order valence-electron chi connectivity index (χ2n) is 8.60. The van der Waals surface area contributed by atoms with E-state index in [9.17, 15) is 14.7 Å². The molecule has 1 aromatic heterocycles. The molecule has 0 radical (unpaired) electrons. The van der Waals surface area contributed by atoms with Crippen molar-refractivity contribution in [2.45, 2.75) is 13.0 Å². The minimum absolute atomic E-state index is 0.0814. The van der Waals surface area contributed by atoms with Crippen molar-refractivity contribution in [3.8, 4) is 17.2 Å². The van der Waals surface area contributed by atoms with E-state index in [2.05, 4.69) is 9.97 Å². The van der Waals surface area contributed by atoms with Crippen LogP contribution in [0.2, 0.25) is 0 Å². The van der Waals surface area contributed by atoms with Crippen LogP contribution in [0, 0.1) is 6.92 Å². The van der Waals surface area contributed by atoms with Gasteiger partial charge in [0.1, 0.15) is 11.5 Å². The molecule has 1 atom stereocenters. The van der Waals surface area contributed by atoms with Gasteiger partial charge in [0, 0.05) is 5.56 Å². The van der Waals surface area contributed by atoms with Crippen LogP contribution in [0.4, 0.5) is 5.95 Å². The number of aromatic nitrogens is 2. The van der Waals surface area contributed by atoms with Crippen molar-refractivity contribution in [3.05, 3.63) is 82.9 Å². The number of hydrogen-bond donors (Lipinski definition) is 2. The predicted octanol–water partition coefficient (Wildman–Crippen LogP) is 4.52. The number of aliphatic hydroxyl groups excluding tert-OH is 1. The van der Waals surface area contributed by atoms with E-state index in [0.29, 0.717) is 33.9 Å². The van der Waals surface area contributed by atoms with Crippen molar-refractivity contribution in [1.82, 2.24) is 9.97 Å². The molecule has 9 nitrogen and oxygen atoms in total. The van der Waals surface area contributed by atoms with Crippen molar-refractivity contribution in [1.29, 1.82) is 0 Å². The van der Waals surface area contributed by atoms with Gasteiger partial charge in [-0.15, -0.1) is 0 Å². The van der Waals surface area contributed by atoms with E-state index < -0.39 is 17.7 Å². The van der Waals surface area contributed by atoms with Crippen LogP contribution in [0.5, 0.6) is 17.2 Å². The summed E-state index contributed by atoms with van der Waals surface area (Å²) in [6, 6.07) is 16.4. The lowest BCUT2D eigenvalue weighted by atomic mass is 9.95. The molecule has 2 heterocycles. The van der Waals surface area contributed by atoms with Crippen LogP contribution in [-0.2, 0) is 9.59 Å². The number of methoxy groups -OCH3 is 3. The van der Waals surface area contributed by atoms with E-state index in [1.807, 2.05) is 25.1 Å². The molecule has 188 valence electrons. The molecule has 3 aromatic carbocycles. The van der Waals surface area contributed by atoms with Crippen LogP contribution < -0.4 is 19.1 Å². The highest BCUT2D eigenvalue weighted by atomic mass is 16.5. The number of imidazole rings is 1. The highest BCUT2D eigenvalue weighted by Gasteiger charge is 2.48. The summed E-state index contributed by atoms with van der Waals surface area (Å²) in [5.74, 6) is -0.411. The number of fused-ring (bicyclic) bond motifs is 1. The van der Waals surface area contributed by atoms with Crippen LogP contribution in [0.25, 0.3) is 16.8 Å². The van der Waals surface area contributed by atoms with Gasteiger partial charge in [-0.05, 0) is 54.4 Å². The van der Waals surface area contributed by atoms with Gasteiger partial charge in [0.2, 0.25) is 5.95 Å².